The van der Waals surface area contributed by atoms with E-state index in [1.54, 1.807) is 0 Å². The molecule has 1 heteroatoms. The average Bonchev–Trinajstić information content (AvgIpc) is 2.54. The van der Waals surface area contributed by atoms with Gasteiger partial charge >= 0.3 is 0 Å². The van der Waals surface area contributed by atoms with Crippen LogP contribution in [-0.2, 0) is 0 Å². The van der Waals surface area contributed by atoms with Crippen LogP contribution in [0.15, 0.2) is 42.0 Å². The molecule has 0 nitrogen and oxygen atoms in total. The van der Waals surface area contributed by atoms with Crippen molar-refractivity contribution in [2.75, 3.05) is 0 Å². The van der Waals surface area contributed by atoms with Crippen molar-refractivity contribution in [3.63, 3.8) is 0 Å². The van der Waals surface area contributed by atoms with Crippen LogP contribution in [0.4, 0.5) is 4.39 Å². The molecule has 0 amide bonds. The molecular weight excluding hydrogens is 187 g/mol. The van der Waals surface area contributed by atoms with E-state index in [1.165, 1.54) is 5.57 Å². The van der Waals surface area contributed by atoms with E-state index in [9.17, 15) is 4.39 Å². The summed E-state index contributed by atoms with van der Waals surface area (Å²) in [5.41, 5.74) is 4.07. The lowest BCUT2D eigenvalue weighted by Crippen LogP contribution is -1.98. The first-order chi connectivity index (χ1) is 7.27. The molecule has 1 aromatic carbocycles. The number of halogens is 1. The lowest BCUT2D eigenvalue weighted by Gasteiger charge is -2.15. The van der Waals surface area contributed by atoms with Gasteiger partial charge in [0.1, 0.15) is 0 Å². The standard InChI is InChI=1S/C14H13F/c1-9-6-7-12-13(8-9)10-4-2-3-5-11(10)14(12)15/h2-7,9,14H,8H2,1H3. The summed E-state index contributed by atoms with van der Waals surface area (Å²) in [5.74, 6) is 0.530. The molecule has 0 bridgehead atoms. The van der Waals surface area contributed by atoms with Crippen LogP contribution in [0.25, 0.3) is 5.57 Å². The predicted octanol–water partition coefficient (Wildman–Crippen LogP) is 4.06. The van der Waals surface area contributed by atoms with Crippen molar-refractivity contribution in [3.05, 3.63) is 53.1 Å². The highest BCUT2D eigenvalue weighted by Crippen LogP contribution is 2.47. The van der Waals surface area contributed by atoms with Gasteiger partial charge < -0.3 is 0 Å². The summed E-state index contributed by atoms with van der Waals surface area (Å²) in [5, 5.41) is 0. The Balaban J connectivity index is 2.17. The number of rotatable bonds is 0. The van der Waals surface area contributed by atoms with Gasteiger partial charge in [-0.15, -0.1) is 0 Å². The third kappa shape index (κ3) is 1.19. The molecule has 0 saturated heterocycles. The number of benzene rings is 1. The first-order valence-electron chi connectivity index (χ1n) is 5.42. The number of hydrogen-bond acceptors (Lipinski definition) is 0. The molecule has 1 aromatic rings. The van der Waals surface area contributed by atoms with E-state index in [-0.39, 0.29) is 0 Å². The quantitative estimate of drug-likeness (QED) is 0.592. The molecule has 2 atom stereocenters. The molecule has 0 aliphatic heterocycles. The van der Waals surface area contributed by atoms with Crippen LogP contribution in [0.5, 0.6) is 0 Å². The summed E-state index contributed by atoms with van der Waals surface area (Å²) in [6, 6.07) is 7.84. The fraction of sp³-hybridized carbons (Fsp3) is 0.286. The Bertz CT molecular complexity index is 468. The summed E-state index contributed by atoms with van der Waals surface area (Å²) in [6.07, 6.45) is 4.15. The fourth-order valence-corrected chi connectivity index (χ4v) is 2.54. The Hall–Kier alpha value is -1.37. The molecule has 2 unspecified atom stereocenters. The Morgan fingerprint density at radius 2 is 2.07 bits per heavy atom. The third-order valence-electron chi connectivity index (χ3n) is 3.31. The minimum atomic E-state index is -0.903. The maximum atomic E-state index is 14.1. The van der Waals surface area contributed by atoms with Gasteiger partial charge in [0.25, 0.3) is 0 Å². The largest absolute Gasteiger partial charge is 0.237 e. The topological polar surface area (TPSA) is 0 Å². The van der Waals surface area contributed by atoms with Gasteiger partial charge in [-0.1, -0.05) is 43.3 Å². The Kier molecular flexibility index (Phi) is 1.82. The second-order valence-corrected chi connectivity index (χ2v) is 4.42. The minimum Gasteiger partial charge on any atom is -0.237 e. The monoisotopic (exact) mass is 200 g/mol. The van der Waals surface area contributed by atoms with Gasteiger partial charge in [-0.25, -0.2) is 4.39 Å². The lowest BCUT2D eigenvalue weighted by atomic mass is 9.90. The molecule has 3 rings (SSSR count). The van der Waals surface area contributed by atoms with Crippen molar-refractivity contribution in [2.24, 2.45) is 5.92 Å². The first-order valence-corrected chi connectivity index (χ1v) is 5.42. The van der Waals surface area contributed by atoms with E-state index in [4.69, 9.17) is 0 Å². The molecule has 0 aromatic heterocycles. The highest BCUT2D eigenvalue weighted by Gasteiger charge is 2.31. The molecule has 15 heavy (non-hydrogen) atoms. The third-order valence-corrected chi connectivity index (χ3v) is 3.31. The second-order valence-electron chi connectivity index (χ2n) is 4.42. The molecule has 2 aliphatic carbocycles. The van der Waals surface area contributed by atoms with Crippen LogP contribution < -0.4 is 0 Å². The van der Waals surface area contributed by atoms with Crippen molar-refractivity contribution < 1.29 is 4.39 Å². The molecule has 0 heterocycles. The molecule has 0 N–H and O–H groups in total. The van der Waals surface area contributed by atoms with E-state index >= 15 is 0 Å². The van der Waals surface area contributed by atoms with Crippen LogP contribution in [-0.4, -0.2) is 0 Å². The number of alkyl halides is 1. The molecule has 0 radical (unpaired) electrons. The van der Waals surface area contributed by atoms with Crippen LogP contribution in [0.3, 0.4) is 0 Å². The molecule has 0 spiro atoms. The van der Waals surface area contributed by atoms with E-state index in [0.717, 1.165) is 23.1 Å². The normalized spacial score (nSPS) is 27.9. The van der Waals surface area contributed by atoms with Crippen molar-refractivity contribution >= 4 is 5.57 Å². The second kappa shape index (κ2) is 3.06. The minimum absolute atomic E-state index is 0.530. The van der Waals surface area contributed by atoms with E-state index in [1.807, 2.05) is 30.3 Å². The summed E-state index contributed by atoms with van der Waals surface area (Å²) in [4.78, 5) is 0. The maximum absolute atomic E-state index is 14.1. The van der Waals surface area contributed by atoms with Gasteiger partial charge in [-0.2, -0.15) is 0 Å². The molecule has 2 aliphatic rings. The molecule has 0 saturated carbocycles. The predicted molar refractivity (Wildman–Crippen MR) is 60.1 cm³/mol. The van der Waals surface area contributed by atoms with E-state index in [2.05, 4.69) is 13.0 Å². The fourth-order valence-electron chi connectivity index (χ4n) is 2.54. The van der Waals surface area contributed by atoms with Gasteiger partial charge in [0.05, 0.1) is 0 Å². The van der Waals surface area contributed by atoms with Gasteiger partial charge in [0.2, 0.25) is 0 Å². The lowest BCUT2D eigenvalue weighted by molar-refractivity contribution is 0.406. The van der Waals surface area contributed by atoms with E-state index < -0.39 is 6.17 Å². The van der Waals surface area contributed by atoms with Crippen LogP contribution in [0, 0.1) is 5.92 Å². The first kappa shape index (κ1) is 8.90. The average molecular weight is 200 g/mol. The summed E-state index contributed by atoms with van der Waals surface area (Å²) in [6.45, 7) is 2.18. The SMILES string of the molecule is CC1C=CC2=C(C1)c1ccccc1C2F. The molecule has 76 valence electrons. The zero-order valence-electron chi connectivity index (χ0n) is 8.70. The van der Waals surface area contributed by atoms with Crippen LogP contribution in [0.1, 0.15) is 30.6 Å². The Morgan fingerprint density at radius 3 is 2.93 bits per heavy atom. The molecular formula is C14H13F. The van der Waals surface area contributed by atoms with Gasteiger partial charge in [-0.3, -0.25) is 0 Å². The zero-order chi connectivity index (χ0) is 10.4. The van der Waals surface area contributed by atoms with Gasteiger partial charge in [0, 0.05) is 0 Å². The van der Waals surface area contributed by atoms with E-state index in [0.29, 0.717) is 5.92 Å². The summed E-state index contributed by atoms with van der Waals surface area (Å²) >= 11 is 0. The number of allylic oxidation sites excluding steroid dienone is 4. The highest BCUT2D eigenvalue weighted by molar-refractivity contribution is 5.80. The van der Waals surface area contributed by atoms with Crippen molar-refractivity contribution in [1.29, 1.82) is 0 Å². The van der Waals surface area contributed by atoms with Crippen molar-refractivity contribution in [2.45, 2.75) is 19.5 Å². The number of fused-ring (bicyclic) bond motifs is 2. The Labute approximate surface area is 89.1 Å². The Morgan fingerprint density at radius 1 is 1.27 bits per heavy atom. The summed E-state index contributed by atoms with van der Waals surface area (Å²) < 4.78 is 14.1. The smallest absolute Gasteiger partial charge is 0.151 e. The number of hydrogen-bond donors (Lipinski definition) is 0. The van der Waals surface area contributed by atoms with Crippen molar-refractivity contribution in [3.8, 4) is 0 Å². The van der Waals surface area contributed by atoms with Gasteiger partial charge in [0.15, 0.2) is 6.17 Å². The highest BCUT2D eigenvalue weighted by atomic mass is 19.1. The maximum Gasteiger partial charge on any atom is 0.151 e. The van der Waals surface area contributed by atoms with Crippen LogP contribution in [0.2, 0.25) is 0 Å². The van der Waals surface area contributed by atoms with Crippen molar-refractivity contribution in [1.82, 2.24) is 0 Å². The summed E-state index contributed by atoms with van der Waals surface area (Å²) in [7, 11) is 0. The van der Waals surface area contributed by atoms with Crippen LogP contribution >= 0.6 is 0 Å². The van der Waals surface area contributed by atoms with Gasteiger partial charge in [-0.05, 0) is 34.6 Å². The molecule has 0 fully saturated rings. The zero-order valence-corrected chi connectivity index (χ0v) is 8.70.